The van der Waals surface area contributed by atoms with Crippen LogP contribution in [0.3, 0.4) is 0 Å². The number of nitrogens with zero attached hydrogens (tertiary/aromatic N) is 3. The van der Waals surface area contributed by atoms with Gasteiger partial charge in [-0.1, -0.05) is 35.9 Å². The lowest BCUT2D eigenvalue weighted by molar-refractivity contribution is 0.0746. The molecule has 3 heterocycles. The summed E-state index contributed by atoms with van der Waals surface area (Å²) in [5, 5.41) is 3.59. The minimum absolute atomic E-state index is 0.102. The van der Waals surface area contributed by atoms with Crippen LogP contribution in [0.1, 0.15) is 31.5 Å². The van der Waals surface area contributed by atoms with E-state index in [0.29, 0.717) is 24.7 Å². The van der Waals surface area contributed by atoms with Gasteiger partial charge in [-0.2, -0.15) is 0 Å². The van der Waals surface area contributed by atoms with Gasteiger partial charge in [-0.05, 0) is 25.5 Å². The van der Waals surface area contributed by atoms with Gasteiger partial charge in [0.1, 0.15) is 11.4 Å². The quantitative estimate of drug-likeness (QED) is 0.593. The van der Waals surface area contributed by atoms with Crippen LogP contribution in [0, 0.1) is 13.8 Å². The molecule has 0 aliphatic carbocycles. The third-order valence-corrected chi connectivity index (χ3v) is 7.31. The summed E-state index contributed by atoms with van der Waals surface area (Å²) in [7, 11) is 1.51. The Labute approximate surface area is 195 Å². The molecule has 1 unspecified atom stereocenters. The van der Waals surface area contributed by atoms with Crippen LogP contribution >= 0.6 is 23.1 Å². The first-order valence-corrected chi connectivity index (χ1v) is 12.1. The first-order chi connectivity index (χ1) is 15.5. The van der Waals surface area contributed by atoms with Crippen molar-refractivity contribution in [3.8, 4) is 16.3 Å². The van der Waals surface area contributed by atoms with Gasteiger partial charge in [-0.25, -0.2) is 9.97 Å². The highest BCUT2D eigenvalue weighted by molar-refractivity contribution is 8.00. The number of benzene rings is 1. The number of hydrogen-bond acceptors (Lipinski definition) is 7. The van der Waals surface area contributed by atoms with Crippen molar-refractivity contribution in [1.29, 1.82) is 0 Å². The highest BCUT2D eigenvalue weighted by atomic mass is 32.2. The van der Waals surface area contributed by atoms with Crippen LogP contribution < -0.4 is 10.1 Å². The summed E-state index contributed by atoms with van der Waals surface area (Å²) in [4.78, 5) is 37.4. The van der Waals surface area contributed by atoms with E-state index < -0.39 is 0 Å². The summed E-state index contributed by atoms with van der Waals surface area (Å²) >= 11 is 3.18. The van der Waals surface area contributed by atoms with Crippen molar-refractivity contribution in [3.63, 3.8) is 0 Å². The second-order valence-corrected chi connectivity index (χ2v) is 9.87. The van der Waals surface area contributed by atoms with Crippen molar-refractivity contribution in [2.24, 2.45) is 0 Å². The van der Waals surface area contributed by atoms with Crippen LogP contribution in [-0.4, -0.2) is 58.0 Å². The number of carbonyl (C=O) groups excluding carboxylic acids is 2. The molecule has 166 valence electrons. The molecule has 1 saturated heterocycles. The molecular formula is C23H24N4O3S2. The highest BCUT2D eigenvalue weighted by Gasteiger charge is 2.33. The molecule has 0 bridgehead atoms. The Morgan fingerprint density at radius 3 is 2.78 bits per heavy atom. The highest BCUT2D eigenvalue weighted by Crippen LogP contribution is 2.33. The molecule has 1 fully saturated rings. The van der Waals surface area contributed by atoms with Crippen LogP contribution in [-0.2, 0) is 0 Å². The fraction of sp³-hybridized carbons (Fsp3) is 0.304. The zero-order chi connectivity index (χ0) is 22.7. The predicted octanol–water partition coefficient (Wildman–Crippen LogP) is 3.78. The third kappa shape index (κ3) is 4.78. The van der Waals surface area contributed by atoms with Gasteiger partial charge in [0.05, 0.1) is 22.4 Å². The van der Waals surface area contributed by atoms with Gasteiger partial charge in [0.15, 0.2) is 0 Å². The molecule has 2 amide bonds. The van der Waals surface area contributed by atoms with E-state index >= 15 is 0 Å². The number of pyridine rings is 1. The van der Waals surface area contributed by atoms with Crippen LogP contribution in [0.15, 0.2) is 42.5 Å². The topological polar surface area (TPSA) is 84.4 Å². The van der Waals surface area contributed by atoms with Crippen LogP contribution in [0.5, 0.6) is 5.88 Å². The van der Waals surface area contributed by atoms with Gasteiger partial charge in [0.25, 0.3) is 11.8 Å². The number of aryl methyl sites for hydroxylation is 2. The summed E-state index contributed by atoms with van der Waals surface area (Å²) in [5.74, 6) is 0.794. The maximum Gasteiger partial charge on any atom is 0.274 e. The van der Waals surface area contributed by atoms with Gasteiger partial charge < -0.3 is 15.0 Å². The normalized spacial score (nSPS) is 15.6. The molecule has 3 aromatic rings. The lowest BCUT2D eigenvalue weighted by atomic mass is 10.1. The number of hydrogen-bond donors (Lipinski definition) is 1. The number of carbonyl (C=O) groups is 2. The van der Waals surface area contributed by atoms with Crippen LogP contribution in [0.25, 0.3) is 10.4 Å². The van der Waals surface area contributed by atoms with Crippen LogP contribution in [0.2, 0.25) is 0 Å². The molecule has 0 saturated carbocycles. The van der Waals surface area contributed by atoms with E-state index in [1.54, 1.807) is 34.9 Å². The summed E-state index contributed by atoms with van der Waals surface area (Å²) < 4.78 is 5.08. The summed E-state index contributed by atoms with van der Waals surface area (Å²) in [5.41, 5.74) is 2.89. The summed E-state index contributed by atoms with van der Waals surface area (Å²) in [6.45, 7) is 4.90. The van der Waals surface area contributed by atoms with E-state index in [4.69, 9.17) is 4.74 Å². The molecule has 1 N–H and O–H groups in total. The Morgan fingerprint density at radius 2 is 2.00 bits per heavy atom. The number of nitrogens with one attached hydrogen (secondary N) is 1. The molecule has 1 aliphatic heterocycles. The van der Waals surface area contributed by atoms with Crippen molar-refractivity contribution >= 4 is 34.9 Å². The van der Waals surface area contributed by atoms with E-state index in [2.05, 4.69) is 21.4 Å². The largest absolute Gasteiger partial charge is 0.481 e. The molecule has 2 aromatic heterocycles. The minimum atomic E-state index is -0.297. The maximum absolute atomic E-state index is 13.5. The Balaban J connectivity index is 1.49. The number of methoxy groups -OCH3 is 1. The Bertz CT molecular complexity index is 1150. The Kier molecular flexibility index (Phi) is 6.76. The Morgan fingerprint density at radius 1 is 1.19 bits per heavy atom. The molecule has 7 nitrogen and oxygen atoms in total. The van der Waals surface area contributed by atoms with Crippen molar-refractivity contribution in [2.75, 3.05) is 26.0 Å². The summed E-state index contributed by atoms with van der Waals surface area (Å²) in [6, 6.07) is 13.1. The van der Waals surface area contributed by atoms with E-state index in [1.165, 1.54) is 18.4 Å². The molecule has 0 spiro atoms. The second kappa shape index (κ2) is 9.70. The lowest BCUT2D eigenvalue weighted by Gasteiger charge is -2.23. The first kappa shape index (κ1) is 22.3. The van der Waals surface area contributed by atoms with Gasteiger partial charge in [0, 0.05) is 24.9 Å². The van der Waals surface area contributed by atoms with Crippen molar-refractivity contribution < 1.29 is 14.3 Å². The average Bonchev–Trinajstić information content (AvgIpc) is 3.43. The zero-order valence-electron chi connectivity index (χ0n) is 18.1. The van der Waals surface area contributed by atoms with Gasteiger partial charge in [-0.3, -0.25) is 9.59 Å². The van der Waals surface area contributed by atoms with E-state index in [0.717, 1.165) is 26.8 Å². The SMILES string of the molecule is COc1cccc(C(=O)NCC2SCCN2C(=O)c2nc(C)sc2-c2cccc(C)c2)n1. The van der Waals surface area contributed by atoms with Crippen molar-refractivity contribution in [2.45, 2.75) is 19.2 Å². The molecule has 32 heavy (non-hydrogen) atoms. The number of rotatable bonds is 6. The van der Waals surface area contributed by atoms with Crippen molar-refractivity contribution in [1.82, 2.24) is 20.2 Å². The minimum Gasteiger partial charge on any atom is -0.481 e. The fourth-order valence-corrected chi connectivity index (χ4v) is 5.60. The molecule has 1 atom stereocenters. The number of ether oxygens (including phenoxy) is 1. The van der Waals surface area contributed by atoms with Crippen LogP contribution in [0.4, 0.5) is 0 Å². The fourth-order valence-electron chi connectivity index (χ4n) is 3.54. The second-order valence-electron chi connectivity index (χ2n) is 7.38. The van der Waals surface area contributed by atoms with E-state index in [1.807, 2.05) is 32.0 Å². The molecule has 0 radical (unpaired) electrons. The van der Waals surface area contributed by atoms with Gasteiger partial charge in [-0.15, -0.1) is 23.1 Å². The maximum atomic E-state index is 13.5. The van der Waals surface area contributed by atoms with Crippen molar-refractivity contribution in [3.05, 3.63) is 64.4 Å². The number of aromatic nitrogens is 2. The zero-order valence-corrected chi connectivity index (χ0v) is 19.8. The molecular weight excluding hydrogens is 444 g/mol. The number of amides is 2. The average molecular weight is 469 g/mol. The van der Waals surface area contributed by atoms with Gasteiger partial charge in [0.2, 0.25) is 5.88 Å². The summed E-state index contributed by atoms with van der Waals surface area (Å²) in [6.07, 6.45) is 0. The monoisotopic (exact) mass is 468 g/mol. The molecule has 9 heteroatoms. The molecule has 1 aliphatic rings. The third-order valence-electron chi connectivity index (χ3n) is 5.07. The van der Waals surface area contributed by atoms with E-state index in [-0.39, 0.29) is 22.9 Å². The molecule has 4 rings (SSSR count). The Hall–Kier alpha value is -2.91. The lowest BCUT2D eigenvalue weighted by Crippen LogP contribution is -2.42. The predicted molar refractivity (Wildman–Crippen MR) is 127 cm³/mol. The van der Waals surface area contributed by atoms with Gasteiger partial charge >= 0.3 is 0 Å². The first-order valence-electron chi connectivity index (χ1n) is 10.2. The smallest absolute Gasteiger partial charge is 0.274 e. The standard InChI is InChI=1S/C23H24N4O3S2/c1-14-6-4-7-16(12-14)21-20(25-15(2)32-21)23(29)27-10-11-31-19(27)13-24-22(28)17-8-5-9-18(26-17)30-3/h4-9,12,19H,10-11,13H2,1-3H3,(H,24,28). The van der Waals surface area contributed by atoms with E-state index in [9.17, 15) is 9.59 Å². The number of thioether (sulfide) groups is 1. The molecule has 1 aromatic carbocycles. The number of thiazole rings is 1.